The number of rotatable bonds is 7. The van der Waals surface area contributed by atoms with Gasteiger partial charge in [-0.15, -0.1) is 18.3 Å². The third kappa shape index (κ3) is 5.38. The van der Waals surface area contributed by atoms with E-state index in [-0.39, 0.29) is 35.4 Å². The lowest BCUT2D eigenvalue weighted by Gasteiger charge is -2.14. The van der Waals surface area contributed by atoms with Crippen molar-refractivity contribution in [1.82, 2.24) is 24.7 Å². The maximum absolute atomic E-state index is 13.0. The summed E-state index contributed by atoms with van der Waals surface area (Å²) in [5.41, 5.74) is 0.875. The smallest absolute Gasteiger partial charge is 0.406 e. The highest BCUT2D eigenvalue weighted by molar-refractivity contribution is 14.1. The Labute approximate surface area is 189 Å². The van der Waals surface area contributed by atoms with E-state index in [1.54, 1.807) is 31.5 Å². The first-order valence-corrected chi connectivity index (χ1v) is 10.6. The third-order valence-electron chi connectivity index (χ3n) is 4.81. The number of benzene rings is 1. The molecule has 0 N–H and O–H groups in total. The summed E-state index contributed by atoms with van der Waals surface area (Å²) >= 11 is 1.96. The van der Waals surface area contributed by atoms with Crippen molar-refractivity contribution < 1.29 is 22.7 Å². The Kier molecular flexibility index (Phi) is 5.95. The molecule has 11 heteroatoms. The van der Waals surface area contributed by atoms with Crippen LogP contribution in [0.4, 0.5) is 13.2 Å². The fourth-order valence-corrected chi connectivity index (χ4v) is 3.74. The summed E-state index contributed by atoms with van der Waals surface area (Å²) in [5.74, 6) is -0.0636. The van der Waals surface area contributed by atoms with Gasteiger partial charge in [0.1, 0.15) is 11.6 Å². The molecule has 2 heterocycles. The van der Waals surface area contributed by atoms with E-state index in [1.165, 1.54) is 10.7 Å². The molecule has 0 bridgehead atoms. The highest BCUT2D eigenvalue weighted by Crippen LogP contribution is 2.42. The standard InChI is InChI=1S/C20H17F3IN5O2/c1-11(17-27-18(24)28-29(17)19-25-5-2-6-26-19)7-16(30)14-8-13(12-3-4-12)9-15(10-14)31-20(21,22)23/h2,5-6,8-12H,3-4,7H2,1H3. The summed E-state index contributed by atoms with van der Waals surface area (Å²) in [6.45, 7) is 1.80. The molecule has 31 heavy (non-hydrogen) atoms. The molecule has 0 saturated heterocycles. The van der Waals surface area contributed by atoms with Gasteiger partial charge < -0.3 is 4.74 Å². The average Bonchev–Trinajstić information content (AvgIpc) is 3.48. The summed E-state index contributed by atoms with van der Waals surface area (Å²) in [6, 6.07) is 5.83. The lowest BCUT2D eigenvalue weighted by atomic mass is 9.96. The van der Waals surface area contributed by atoms with Crippen LogP contribution in [0, 0.1) is 3.83 Å². The van der Waals surface area contributed by atoms with Crippen LogP contribution in [0.3, 0.4) is 0 Å². The average molecular weight is 543 g/mol. The second kappa shape index (κ2) is 8.52. The van der Waals surface area contributed by atoms with E-state index in [0.29, 0.717) is 21.2 Å². The van der Waals surface area contributed by atoms with E-state index in [1.807, 2.05) is 22.6 Å². The second-order valence-electron chi connectivity index (χ2n) is 7.34. The van der Waals surface area contributed by atoms with Crippen LogP contribution >= 0.6 is 22.6 Å². The Hall–Kier alpha value is -2.57. The van der Waals surface area contributed by atoms with Crippen LogP contribution in [0.5, 0.6) is 5.75 Å². The van der Waals surface area contributed by atoms with E-state index in [4.69, 9.17) is 0 Å². The number of hydrogen-bond acceptors (Lipinski definition) is 6. The summed E-state index contributed by atoms with van der Waals surface area (Å²) in [6.07, 6.45) is 0.125. The molecule has 162 valence electrons. The summed E-state index contributed by atoms with van der Waals surface area (Å²) in [4.78, 5) is 25.7. The van der Waals surface area contributed by atoms with E-state index < -0.39 is 6.36 Å². The normalized spacial score (nSPS) is 15.0. The summed E-state index contributed by atoms with van der Waals surface area (Å²) in [7, 11) is 0. The van der Waals surface area contributed by atoms with Gasteiger partial charge in [0.25, 0.3) is 5.95 Å². The first-order chi connectivity index (χ1) is 14.7. The van der Waals surface area contributed by atoms with Crippen molar-refractivity contribution in [1.29, 1.82) is 0 Å². The molecule has 2 aromatic heterocycles. The SMILES string of the molecule is CC(CC(=O)c1cc(OC(F)(F)F)cc(C2CC2)c1)c1nc(I)nn1-c1ncccn1. The number of carbonyl (C=O) groups excluding carboxylic acids is 1. The summed E-state index contributed by atoms with van der Waals surface area (Å²) < 4.78 is 44.2. The number of alkyl halides is 3. The van der Waals surface area contributed by atoms with Crippen molar-refractivity contribution in [2.24, 2.45) is 0 Å². The first kappa shape index (κ1) is 21.7. The van der Waals surface area contributed by atoms with Crippen LogP contribution in [0.15, 0.2) is 36.7 Å². The maximum Gasteiger partial charge on any atom is 0.573 e. The monoisotopic (exact) mass is 543 g/mol. The predicted octanol–water partition coefficient (Wildman–Crippen LogP) is 4.81. The van der Waals surface area contributed by atoms with Crippen LogP contribution in [0.2, 0.25) is 0 Å². The van der Waals surface area contributed by atoms with Crippen molar-refractivity contribution in [2.75, 3.05) is 0 Å². The minimum atomic E-state index is -4.82. The Morgan fingerprint density at radius 1 is 1.26 bits per heavy atom. The van der Waals surface area contributed by atoms with Gasteiger partial charge in [-0.05, 0) is 48.6 Å². The molecule has 1 saturated carbocycles. The molecule has 1 aromatic carbocycles. The topological polar surface area (TPSA) is 82.8 Å². The fourth-order valence-electron chi connectivity index (χ4n) is 3.28. The highest BCUT2D eigenvalue weighted by atomic mass is 127. The van der Waals surface area contributed by atoms with Gasteiger partial charge in [0.2, 0.25) is 3.83 Å². The minimum absolute atomic E-state index is 0.0290. The molecule has 0 radical (unpaired) electrons. The predicted molar refractivity (Wildman–Crippen MR) is 112 cm³/mol. The van der Waals surface area contributed by atoms with Gasteiger partial charge in [0.05, 0.1) is 0 Å². The zero-order chi connectivity index (χ0) is 22.2. The molecule has 1 unspecified atom stereocenters. The van der Waals surface area contributed by atoms with Gasteiger partial charge in [-0.3, -0.25) is 4.79 Å². The molecule has 1 aliphatic carbocycles. The molecule has 1 atom stereocenters. The molecule has 1 aliphatic rings. The van der Waals surface area contributed by atoms with E-state index in [9.17, 15) is 18.0 Å². The number of halogens is 4. The molecule has 7 nitrogen and oxygen atoms in total. The summed E-state index contributed by atoms with van der Waals surface area (Å²) in [5, 5.41) is 4.29. The van der Waals surface area contributed by atoms with Crippen molar-refractivity contribution in [3.8, 4) is 11.7 Å². The van der Waals surface area contributed by atoms with Crippen molar-refractivity contribution >= 4 is 28.4 Å². The molecule has 3 aromatic rings. The molecule has 1 fully saturated rings. The van der Waals surface area contributed by atoms with E-state index in [2.05, 4.69) is 24.8 Å². The van der Waals surface area contributed by atoms with Crippen LogP contribution in [-0.2, 0) is 0 Å². The van der Waals surface area contributed by atoms with Crippen LogP contribution in [0.1, 0.15) is 59.8 Å². The number of ether oxygens (including phenoxy) is 1. The van der Waals surface area contributed by atoms with Gasteiger partial charge in [0, 0.05) is 52.9 Å². The van der Waals surface area contributed by atoms with Crippen LogP contribution < -0.4 is 4.74 Å². The number of aromatic nitrogens is 5. The Morgan fingerprint density at radius 3 is 2.61 bits per heavy atom. The number of nitrogens with zero attached hydrogens (tertiary/aromatic N) is 5. The number of hydrogen-bond donors (Lipinski definition) is 0. The van der Waals surface area contributed by atoms with E-state index in [0.717, 1.165) is 18.9 Å². The van der Waals surface area contributed by atoms with Gasteiger partial charge in [0.15, 0.2) is 5.78 Å². The quantitative estimate of drug-likeness (QED) is 0.314. The Morgan fingerprint density at radius 2 is 1.97 bits per heavy atom. The third-order valence-corrected chi connectivity index (χ3v) is 5.27. The van der Waals surface area contributed by atoms with Crippen LogP contribution in [-0.4, -0.2) is 36.9 Å². The molecule has 4 rings (SSSR count). The van der Waals surface area contributed by atoms with Gasteiger partial charge in [-0.2, -0.15) is 4.68 Å². The Balaban J connectivity index is 1.59. The van der Waals surface area contributed by atoms with E-state index >= 15 is 0 Å². The van der Waals surface area contributed by atoms with Gasteiger partial charge in [-0.1, -0.05) is 6.92 Å². The van der Waals surface area contributed by atoms with Crippen molar-refractivity contribution in [3.05, 3.63) is 57.4 Å². The molecular formula is C20H17F3IN5O2. The largest absolute Gasteiger partial charge is 0.573 e. The molecule has 0 amide bonds. The zero-order valence-corrected chi connectivity index (χ0v) is 18.5. The lowest BCUT2D eigenvalue weighted by molar-refractivity contribution is -0.274. The number of Topliss-reactive ketones (excluding diaryl/α,β-unsaturated/α-hetero) is 1. The lowest BCUT2D eigenvalue weighted by Crippen LogP contribution is -2.18. The number of ketones is 1. The molecular weight excluding hydrogens is 526 g/mol. The zero-order valence-electron chi connectivity index (χ0n) is 16.3. The molecule has 0 spiro atoms. The van der Waals surface area contributed by atoms with Crippen molar-refractivity contribution in [3.63, 3.8) is 0 Å². The van der Waals surface area contributed by atoms with Crippen molar-refractivity contribution in [2.45, 2.75) is 44.4 Å². The minimum Gasteiger partial charge on any atom is -0.406 e. The maximum atomic E-state index is 13.0. The van der Waals surface area contributed by atoms with Gasteiger partial charge >= 0.3 is 6.36 Å². The molecule has 0 aliphatic heterocycles. The second-order valence-corrected chi connectivity index (χ2v) is 8.31. The number of carbonyl (C=O) groups is 1. The highest BCUT2D eigenvalue weighted by Gasteiger charge is 2.33. The first-order valence-electron chi connectivity index (χ1n) is 9.53. The van der Waals surface area contributed by atoms with Gasteiger partial charge in [-0.25, -0.2) is 15.0 Å². The van der Waals surface area contributed by atoms with Crippen LogP contribution in [0.25, 0.3) is 5.95 Å². The Bertz CT molecular complexity index is 1100. The fraction of sp³-hybridized carbons (Fsp3) is 0.350.